The molecule has 0 amide bonds. The third-order valence-corrected chi connectivity index (χ3v) is 4.39. The number of nitrogens with one attached hydrogen (secondary N) is 1. The number of halogens is 2. The molecule has 1 atom stereocenters. The van der Waals surface area contributed by atoms with E-state index in [1.807, 2.05) is 0 Å². The molecule has 25 heavy (non-hydrogen) atoms. The molecule has 1 aromatic carbocycles. The molecule has 0 bridgehead atoms. The number of hydrogen-bond donors (Lipinski definition) is 2. The highest BCUT2D eigenvalue weighted by Gasteiger charge is 2.44. The maximum Gasteiger partial charge on any atom is 0.337 e. The van der Waals surface area contributed by atoms with Crippen molar-refractivity contribution in [3.05, 3.63) is 57.7 Å². The van der Waals surface area contributed by atoms with Crippen LogP contribution < -0.4 is 5.32 Å². The number of ether oxygens (including phenoxy) is 1. The quantitative estimate of drug-likeness (QED) is 0.821. The molecule has 0 radical (unpaired) electrons. The summed E-state index contributed by atoms with van der Waals surface area (Å²) in [6.07, 6.45) is 0. The molecule has 0 fully saturated rings. The molecule has 2 N–H and O–H groups in total. The predicted octanol–water partition coefficient (Wildman–Crippen LogP) is 2.89. The molecule has 0 spiro atoms. The van der Waals surface area contributed by atoms with Crippen LogP contribution in [0.4, 0.5) is 8.78 Å². The zero-order chi connectivity index (χ0) is 18.5. The highest BCUT2D eigenvalue weighted by atomic mass is 19.1. The third kappa shape index (κ3) is 2.69. The summed E-state index contributed by atoms with van der Waals surface area (Å²) in [6, 6.07) is 3.93. The van der Waals surface area contributed by atoms with Gasteiger partial charge in [0.25, 0.3) is 0 Å². The van der Waals surface area contributed by atoms with Crippen LogP contribution in [0.2, 0.25) is 0 Å². The molecule has 1 unspecified atom stereocenters. The summed E-state index contributed by atoms with van der Waals surface area (Å²) >= 11 is 0. The first-order chi connectivity index (χ1) is 11.6. The van der Waals surface area contributed by atoms with Crippen molar-refractivity contribution in [2.45, 2.75) is 32.4 Å². The summed E-state index contributed by atoms with van der Waals surface area (Å²) in [7, 11) is 0. The second-order valence-corrected chi connectivity index (χ2v) is 6.55. The van der Waals surface area contributed by atoms with Gasteiger partial charge in [0.15, 0.2) is 0 Å². The molecule has 7 heteroatoms. The van der Waals surface area contributed by atoms with Gasteiger partial charge in [-0.05, 0) is 32.4 Å². The van der Waals surface area contributed by atoms with Crippen molar-refractivity contribution in [1.82, 2.24) is 5.32 Å². The molecule has 132 valence electrons. The van der Waals surface area contributed by atoms with Gasteiger partial charge in [-0.15, -0.1) is 0 Å². The monoisotopic (exact) mass is 349 g/mol. The van der Waals surface area contributed by atoms with E-state index in [-0.39, 0.29) is 28.9 Å². The Hall–Kier alpha value is -2.70. The topological polar surface area (TPSA) is 75.6 Å². The number of alkyl halides is 1. The molecule has 0 saturated carbocycles. The summed E-state index contributed by atoms with van der Waals surface area (Å²) in [6.45, 7) is 3.89. The van der Waals surface area contributed by atoms with Crippen LogP contribution in [-0.2, 0) is 20.0 Å². The number of aliphatic carboxylic acids is 1. The van der Waals surface area contributed by atoms with Gasteiger partial charge in [0.1, 0.15) is 18.1 Å². The number of benzene rings is 1. The second-order valence-electron chi connectivity index (χ2n) is 6.55. The van der Waals surface area contributed by atoms with Crippen molar-refractivity contribution >= 4 is 11.9 Å². The number of allylic oxidation sites excluding steroid dienone is 1. The molecular weight excluding hydrogens is 332 g/mol. The van der Waals surface area contributed by atoms with E-state index in [0.717, 1.165) is 6.07 Å². The number of hydrogen-bond acceptors (Lipinski definition) is 4. The van der Waals surface area contributed by atoms with E-state index in [1.165, 1.54) is 26.0 Å². The second kappa shape index (κ2) is 5.68. The van der Waals surface area contributed by atoms with E-state index in [1.54, 1.807) is 6.92 Å². The molecular formula is C18H17F2NO4. The summed E-state index contributed by atoms with van der Waals surface area (Å²) in [5, 5.41) is 12.5. The number of rotatable bonds is 3. The first kappa shape index (κ1) is 17.1. The van der Waals surface area contributed by atoms with Crippen LogP contribution in [-0.4, -0.2) is 23.7 Å². The van der Waals surface area contributed by atoms with Gasteiger partial charge in [0, 0.05) is 11.3 Å². The van der Waals surface area contributed by atoms with Crippen molar-refractivity contribution in [2.75, 3.05) is 6.61 Å². The normalized spacial score (nSPS) is 20.4. The van der Waals surface area contributed by atoms with Crippen LogP contribution >= 0.6 is 0 Å². The molecule has 2 heterocycles. The first-order valence-corrected chi connectivity index (χ1v) is 7.72. The largest absolute Gasteiger partial charge is 0.478 e. The fourth-order valence-corrected chi connectivity index (χ4v) is 3.47. The maximum absolute atomic E-state index is 14.7. The van der Waals surface area contributed by atoms with Crippen molar-refractivity contribution in [3.8, 4) is 0 Å². The number of carboxylic acids is 1. The molecule has 0 aliphatic carbocycles. The molecule has 2 aliphatic rings. The van der Waals surface area contributed by atoms with Crippen molar-refractivity contribution in [1.29, 1.82) is 0 Å². The van der Waals surface area contributed by atoms with Gasteiger partial charge in [0.2, 0.25) is 0 Å². The Kier molecular flexibility index (Phi) is 3.89. The zero-order valence-electron chi connectivity index (χ0n) is 13.9. The van der Waals surface area contributed by atoms with E-state index in [2.05, 4.69) is 5.32 Å². The van der Waals surface area contributed by atoms with E-state index in [4.69, 9.17) is 4.74 Å². The van der Waals surface area contributed by atoms with Crippen LogP contribution in [0.1, 0.15) is 37.8 Å². The van der Waals surface area contributed by atoms with Crippen molar-refractivity contribution < 1.29 is 28.2 Å². The summed E-state index contributed by atoms with van der Waals surface area (Å²) in [4.78, 5) is 24.0. The van der Waals surface area contributed by atoms with Gasteiger partial charge < -0.3 is 15.2 Å². The van der Waals surface area contributed by atoms with Crippen LogP contribution in [0.15, 0.2) is 40.7 Å². The Balaban J connectivity index is 2.32. The number of esters is 1. The SMILES string of the molecule is CC1=C(C(=O)O)C(c2cccc(F)c2C(C)(C)F)C2=C(COC2=O)N1. The number of cyclic esters (lactones) is 1. The van der Waals surface area contributed by atoms with Gasteiger partial charge in [-0.1, -0.05) is 12.1 Å². The highest BCUT2D eigenvalue weighted by molar-refractivity contribution is 6.00. The Bertz CT molecular complexity index is 847. The van der Waals surface area contributed by atoms with Crippen molar-refractivity contribution in [2.24, 2.45) is 0 Å². The Morgan fingerprint density at radius 2 is 2.08 bits per heavy atom. The highest BCUT2D eigenvalue weighted by Crippen LogP contribution is 2.45. The standard InChI is InChI=1S/C18H17F2NO4/c1-8-12(16(22)23)13(14-11(21-8)7-25-17(14)24)9-5-4-6-10(19)15(9)18(2,3)20/h4-6,13,21H,7H2,1-3H3,(H,22,23). The Morgan fingerprint density at radius 1 is 1.40 bits per heavy atom. The van der Waals surface area contributed by atoms with Gasteiger partial charge in [-0.2, -0.15) is 0 Å². The molecule has 0 aromatic heterocycles. The Morgan fingerprint density at radius 3 is 2.68 bits per heavy atom. The minimum Gasteiger partial charge on any atom is -0.478 e. The van der Waals surface area contributed by atoms with E-state index < -0.39 is 29.3 Å². The molecule has 1 aromatic rings. The molecule has 3 rings (SSSR count). The molecule has 2 aliphatic heterocycles. The van der Waals surface area contributed by atoms with Crippen LogP contribution in [0, 0.1) is 5.82 Å². The van der Waals surface area contributed by atoms with E-state index in [9.17, 15) is 23.5 Å². The number of carboxylic acid groups (broad SMARTS) is 1. The van der Waals surface area contributed by atoms with E-state index in [0.29, 0.717) is 11.4 Å². The van der Waals surface area contributed by atoms with Crippen LogP contribution in [0.3, 0.4) is 0 Å². The maximum atomic E-state index is 14.7. The number of carbonyl (C=O) groups excluding carboxylic acids is 1. The Labute approximate surface area is 143 Å². The number of dihydropyridines is 1. The summed E-state index contributed by atoms with van der Waals surface area (Å²) in [5.41, 5.74) is -1.54. The third-order valence-electron chi connectivity index (χ3n) is 4.39. The smallest absolute Gasteiger partial charge is 0.337 e. The van der Waals surface area contributed by atoms with E-state index >= 15 is 0 Å². The minimum atomic E-state index is -2.06. The van der Waals surface area contributed by atoms with Gasteiger partial charge in [0.05, 0.1) is 22.8 Å². The van der Waals surface area contributed by atoms with Crippen LogP contribution in [0.25, 0.3) is 0 Å². The lowest BCUT2D eigenvalue weighted by molar-refractivity contribution is -0.136. The average Bonchev–Trinajstić information content (AvgIpc) is 2.84. The number of carbonyl (C=O) groups is 2. The van der Waals surface area contributed by atoms with Gasteiger partial charge in [-0.25, -0.2) is 18.4 Å². The van der Waals surface area contributed by atoms with Crippen LogP contribution in [0.5, 0.6) is 0 Å². The molecule has 0 saturated heterocycles. The van der Waals surface area contributed by atoms with Gasteiger partial charge >= 0.3 is 11.9 Å². The molecule has 5 nitrogen and oxygen atoms in total. The zero-order valence-corrected chi connectivity index (χ0v) is 13.9. The lowest BCUT2D eigenvalue weighted by atomic mass is 9.76. The lowest BCUT2D eigenvalue weighted by Crippen LogP contribution is -2.31. The predicted molar refractivity (Wildman–Crippen MR) is 84.7 cm³/mol. The average molecular weight is 349 g/mol. The minimum absolute atomic E-state index is 0.0292. The van der Waals surface area contributed by atoms with Crippen molar-refractivity contribution in [3.63, 3.8) is 0 Å². The summed E-state index contributed by atoms with van der Waals surface area (Å²) < 4.78 is 34.1. The fourth-order valence-electron chi connectivity index (χ4n) is 3.47. The fraction of sp³-hybridized carbons (Fsp3) is 0.333. The summed E-state index contributed by atoms with van der Waals surface area (Å²) in [5.74, 6) is -3.86. The van der Waals surface area contributed by atoms with Gasteiger partial charge in [-0.3, -0.25) is 0 Å². The first-order valence-electron chi connectivity index (χ1n) is 7.72. The lowest BCUT2D eigenvalue weighted by Gasteiger charge is -2.30.